The third-order valence-corrected chi connectivity index (χ3v) is 5.68. The molecule has 1 atom stereocenters. The van der Waals surface area contributed by atoms with Gasteiger partial charge >= 0.3 is 0 Å². The van der Waals surface area contributed by atoms with Crippen LogP contribution in [-0.2, 0) is 22.9 Å². The lowest BCUT2D eigenvalue weighted by atomic mass is 10.1. The molecule has 1 fully saturated rings. The maximum Gasteiger partial charge on any atom is 0.153 e. The van der Waals surface area contributed by atoms with Crippen molar-refractivity contribution < 1.29 is 12.8 Å². The molecule has 0 bridgehead atoms. The van der Waals surface area contributed by atoms with Crippen molar-refractivity contribution in [1.82, 2.24) is 19.7 Å². The summed E-state index contributed by atoms with van der Waals surface area (Å²) in [5.74, 6) is -0.207. The van der Waals surface area contributed by atoms with Crippen LogP contribution in [0.3, 0.4) is 0 Å². The Balaban J connectivity index is 1.87. The van der Waals surface area contributed by atoms with Crippen molar-refractivity contribution in [2.24, 2.45) is 0 Å². The minimum absolute atomic E-state index is 0.0607. The van der Waals surface area contributed by atoms with E-state index >= 15 is 0 Å². The monoisotopic (exact) mass is 338 g/mol. The molecule has 1 aliphatic rings. The molecule has 1 aliphatic heterocycles. The molecule has 0 aromatic carbocycles. The lowest BCUT2D eigenvalue weighted by Crippen LogP contribution is -2.42. The number of aryl methyl sites for hydroxylation is 1. The van der Waals surface area contributed by atoms with Crippen LogP contribution in [0.4, 0.5) is 4.39 Å². The molecule has 0 aliphatic carbocycles. The van der Waals surface area contributed by atoms with Gasteiger partial charge in [-0.05, 0) is 18.6 Å². The van der Waals surface area contributed by atoms with Crippen molar-refractivity contribution in [1.29, 1.82) is 0 Å². The van der Waals surface area contributed by atoms with Gasteiger partial charge in [-0.2, -0.15) is 5.10 Å². The molecule has 2 aromatic rings. The van der Waals surface area contributed by atoms with Gasteiger partial charge in [-0.1, -0.05) is 0 Å². The quantitative estimate of drug-likeness (QED) is 0.843. The minimum Gasteiger partial charge on any atom is -0.290 e. The maximum absolute atomic E-state index is 13.3. The highest BCUT2D eigenvalue weighted by Crippen LogP contribution is 2.28. The number of pyridine rings is 1. The number of hydrogen-bond acceptors (Lipinski definition) is 5. The molecule has 3 heterocycles. The van der Waals surface area contributed by atoms with E-state index in [9.17, 15) is 12.8 Å². The van der Waals surface area contributed by atoms with Crippen molar-refractivity contribution >= 4 is 9.84 Å². The van der Waals surface area contributed by atoms with Gasteiger partial charge in [0.2, 0.25) is 0 Å². The third-order valence-electron chi connectivity index (χ3n) is 4.05. The lowest BCUT2D eigenvalue weighted by molar-refractivity contribution is 0.206. The van der Waals surface area contributed by atoms with Crippen LogP contribution < -0.4 is 0 Å². The van der Waals surface area contributed by atoms with Crippen molar-refractivity contribution in [2.75, 3.05) is 18.1 Å². The summed E-state index contributed by atoms with van der Waals surface area (Å²) < 4.78 is 39.2. The van der Waals surface area contributed by atoms with E-state index in [1.807, 2.05) is 13.1 Å². The molecule has 124 valence electrons. The average molecular weight is 338 g/mol. The topological polar surface area (TPSA) is 68.1 Å². The molecular formula is C15H19FN4O2S. The Bertz CT molecular complexity index is 790. The van der Waals surface area contributed by atoms with Crippen LogP contribution in [0.5, 0.6) is 0 Å². The van der Waals surface area contributed by atoms with E-state index in [2.05, 4.69) is 15.0 Å². The van der Waals surface area contributed by atoms with E-state index in [0.29, 0.717) is 13.1 Å². The predicted octanol–water partition coefficient (Wildman–Crippen LogP) is 1.41. The number of sulfone groups is 1. The Kier molecular flexibility index (Phi) is 4.45. The summed E-state index contributed by atoms with van der Waals surface area (Å²) >= 11 is 0. The molecule has 6 nitrogen and oxygen atoms in total. The number of halogens is 1. The van der Waals surface area contributed by atoms with Crippen LogP contribution in [0.15, 0.2) is 30.9 Å². The van der Waals surface area contributed by atoms with Gasteiger partial charge in [-0.15, -0.1) is 0 Å². The number of nitrogens with zero attached hydrogens (tertiary/aromatic N) is 4. The number of hydrogen-bond donors (Lipinski definition) is 0. The minimum atomic E-state index is -3.08. The van der Waals surface area contributed by atoms with Gasteiger partial charge in [0, 0.05) is 37.6 Å². The standard InChI is InChI=1S/C15H19FN4O2S/c1-2-20-10-13(7-18-20)15-11-23(21,22)4-3-19(15)9-12-5-14(16)8-17-6-12/h5-8,10,15H,2-4,9,11H2,1H3/t15-/m1/s1. The van der Waals surface area contributed by atoms with Crippen molar-refractivity contribution in [3.63, 3.8) is 0 Å². The molecule has 0 N–H and O–H groups in total. The molecule has 0 unspecified atom stereocenters. The zero-order valence-electron chi connectivity index (χ0n) is 12.9. The van der Waals surface area contributed by atoms with Crippen LogP contribution in [0.2, 0.25) is 0 Å². The Morgan fingerprint density at radius 1 is 1.35 bits per heavy atom. The predicted molar refractivity (Wildman–Crippen MR) is 83.9 cm³/mol. The Hall–Kier alpha value is -1.80. The van der Waals surface area contributed by atoms with Crippen LogP contribution in [0.25, 0.3) is 0 Å². The van der Waals surface area contributed by atoms with Gasteiger partial charge in [0.05, 0.1) is 29.9 Å². The Morgan fingerprint density at radius 2 is 2.17 bits per heavy atom. The SMILES string of the molecule is CCn1cc([C@H]2CS(=O)(=O)CCN2Cc2cncc(F)c2)cn1. The van der Waals surface area contributed by atoms with Crippen molar-refractivity contribution in [2.45, 2.75) is 26.1 Å². The van der Waals surface area contributed by atoms with Gasteiger partial charge in [0.1, 0.15) is 5.82 Å². The Labute approximate surface area is 134 Å². The van der Waals surface area contributed by atoms with Gasteiger partial charge in [0.15, 0.2) is 9.84 Å². The van der Waals surface area contributed by atoms with Crippen LogP contribution in [0.1, 0.15) is 24.1 Å². The van der Waals surface area contributed by atoms with Gasteiger partial charge in [0.25, 0.3) is 0 Å². The van der Waals surface area contributed by atoms with Gasteiger partial charge in [-0.3, -0.25) is 14.6 Å². The average Bonchev–Trinajstić information content (AvgIpc) is 2.98. The van der Waals surface area contributed by atoms with E-state index in [-0.39, 0.29) is 23.4 Å². The fourth-order valence-electron chi connectivity index (χ4n) is 2.84. The Morgan fingerprint density at radius 3 is 2.87 bits per heavy atom. The summed E-state index contributed by atoms with van der Waals surface area (Å²) in [5.41, 5.74) is 1.61. The van der Waals surface area contributed by atoms with E-state index < -0.39 is 9.84 Å². The normalized spacial score (nSPS) is 21.4. The molecule has 3 rings (SSSR count). The number of rotatable bonds is 4. The highest BCUT2D eigenvalue weighted by Gasteiger charge is 2.33. The highest BCUT2D eigenvalue weighted by molar-refractivity contribution is 7.91. The summed E-state index contributed by atoms with van der Waals surface area (Å²) in [6.45, 7) is 3.58. The van der Waals surface area contributed by atoms with Crippen LogP contribution >= 0.6 is 0 Å². The zero-order valence-corrected chi connectivity index (χ0v) is 13.7. The first kappa shape index (κ1) is 16.1. The molecule has 0 radical (unpaired) electrons. The summed E-state index contributed by atoms with van der Waals surface area (Å²) in [6, 6.07) is 1.17. The zero-order chi connectivity index (χ0) is 16.4. The van der Waals surface area contributed by atoms with Crippen molar-refractivity contribution in [3.05, 3.63) is 47.8 Å². The lowest BCUT2D eigenvalue weighted by Gasteiger charge is -2.34. The van der Waals surface area contributed by atoms with Crippen molar-refractivity contribution in [3.8, 4) is 0 Å². The fraction of sp³-hybridized carbons (Fsp3) is 0.467. The van der Waals surface area contributed by atoms with E-state index in [1.54, 1.807) is 17.1 Å². The molecule has 0 saturated carbocycles. The first-order valence-corrected chi connectivity index (χ1v) is 9.35. The van der Waals surface area contributed by atoms with Crippen LogP contribution in [0, 0.1) is 5.82 Å². The fourth-order valence-corrected chi connectivity index (χ4v) is 4.40. The third kappa shape index (κ3) is 3.76. The maximum atomic E-state index is 13.3. The summed E-state index contributed by atoms with van der Waals surface area (Å²) in [4.78, 5) is 5.91. The molecule has 23 heavy (non-hydrogen) atoms. The molecular weight excluding hydrogens is 319 g/mol. The van der Waals surface area contributed by atoms with E-state index in [4.69, 9.17) is 0 Å². The summed E-state index contributed by atoms with van der Waals surface area (Å²) in [7, 11) is -3.08. The molecule has 1 saturated heterocycles. The largest absolute Gasteiger partial charge is 0.290 e. The molecule has 0 amide bonds. The second-order valence-electron chi connectivity index (χ2n) is 5.74. The number of aromatic nitrogens is 3. The molecule has 8 heteroatoms. The first-order valence-electron chi connectivity index (χ1n) is 7.53. The second kappa shape index (κ2) is 6.37. The van der Waals surface area contributed by atoms with E-state index in [1.165, 1.54) is 6.07 Å². The smallest absolute Gasteiger partial charge is 0.153 e. The summed E-state index contributed by atoms with van der Waals surface area (Å²) in [6.07, 6.45) is 6.36. The molecule has 2 aromatic heterocycles. The highest BCUT2D eigenvalue weighted by atomic mass is 32.2. The van der Waals surface area contributed by atoms with Crippen LogP contribution in [-0.4, -0.2) is 46.1 Å². The van der Waals surface area contributed by atoms with Gasteiger partial charge < -0.3 is 0 Å². The van der Waals surface area contributed by atoms with E-state index in [0.717, 1.165) is 23.9 Å². The molecule has 0 spiro atoms. The second-order valence-corrected chi connectivity index (χ2v) is 7.97. The van der Waals surface area contributed by atoms with Gasteiger partial charge in [-0.25, -0.2) is 12.8 Å². The first-order chi connectivity index (χ1) is 11.0. The summed E-state index contributed by atoms with van der Waals surface area (Å²) in [5, 5.41) is 4.24.